The fraction of sp³-hybridized carbons (Fsp3) is 0.957. The van der Waals surface area contributed by atoms with E-state index in [0.717, 1.165) is 0 Å². The maximum atomic E-state index is 11.9. The van der Waals surface area contributed by atoms with Gasteiger partial charge in [-0.1, -0.05) is 41.5 Å². The van der Waals surface area contributed by atoms with Crippen molar-refractivity contribution < 1.29 is 33.4 Å². The Labute approximate surface area is 202 Å². The van der Waals surface area contributed by atoms with Crippen LogP contribution >= 0.6 is 0 Å². The van der Waals surface area contributed by atoms with Crippen LogP contribution in [0.1, 0.15) is 54.4 Å². The van der Waals surface area contributed by atoms with Gasteiger partial charge in [-0.15, -0.1) is 0 Å². The molecule has 0 aromatic rings. The molecule has 8 nitrogen and oxygen atoms in total. The van der Waals surface area contributed by atoms with Crippen LogP contribution < -0.4 is 0 Å². The molecule has 33 heavy (non-hydrogen) atoms. The molecule has 0 bridgehead atoms. The van der Waals surface area contributed by atoms with Crippen molar-refractivity contribution >= 4 is 22.6 Å². The van der Waals surface area contributed by atoms with E-state index in [0.29, 0.717) is 6.42 Å². The standard InChI is InChI=1S/C23H47NO7Si2/c1-22(2,3)32(8,9)30-20-16-12-15(13-18(26)28-7)29-24(16)17(14-25)19(27)21(20)31-33(10,11)23(4,5)6/h15-17,19-21,25,27H,12-14H2,1-11H3/t15-,16-,17+,19+,20-,21-/m0/s1. The minimum absolute atomic E-state index is 0.0387. The van der Waals surface area contributed by atoms with E-state index in [1.165, 1.54) is 7.11 Å². The van der Waals surface area contributed by atoms with Crippen LogP contribution in [0.3, 0.4) is 0 Å². The molecule has 0 radical (unpaired) electrons. The highest BCUT2D eigenvalue weighted by atomic mass is 28.4. The number of aliphatic hydroxyl groups excluding tert-OH is 2. The molecule has 0 saturated carbocycles. The van der Waals surface area contributed by atoms with Crippen molar-refractivity contribution in [1.29, 1.82) is 0 Å². The average Bonchev–Trinajstić information content (AvgIpc) is 3.06. The first-order valence-corrected chi connectivity index (χ1v) is 17.8. The van der Waals surface area contributed by atoms with Crippen molar-refractivity contribution in [2.75, 3.05) is 13.7 Å². The van der Waals surface area contributed by atoms with Crippen LogP contribution in [-0.4, -0.2) is 88.1 Å². The monoisotopic (exact) mass is 505 g/mol. The SMILES string of the molecule is COC(=O)C[C@@H]1C[C@H]2[C@H](O[Si](C)(C)C(C)(C)C)[C@@H](O[Si](C)(C)C(C)(C)C)[C@H](O)[C@@H](CO)N2O1. The largest absolute Gasteiger partial charge is 0.469 e. The van der Waals surface area contributed by atoms with Gasteiger partial charge >= 0.3 is 5.97 Å². The van der Waals surface area contributed by atoms with E-state index in [4.69, 9.17) is 18.4 Å². The quantitative estimate of drug-likeness (QED) is 0.401. The van der Waals surface area contributed by atoms with E-state index in [-0.39, 0.29) is 35.1 Å². The highest BCUT2D eigenvalue weighted by molar-refractivity contribution is 6.74. The Morgan fingerprint density at radius 3 is 1.91 bits per heavy atom. The molecule has 2 N–H and O–H groups in total. The van der Waals surface area contributed by atoms with E-state index in [1.807, 2.05) is 0 Å². The molecule has 2 aliphatic heterocycles. The van der Waals surface area contributed by atoms with E-state index in [2.05, 4.69) is 67.7 Å². The number of carbonyl (C=O) groups is 1. The van der Waals surface area contributed by atoms with Crippen molar-refractivity contribution in [3.05, 3.63) is 0 Å². The molecule has 2 heterocycles. The maximum Gasteiger partial charge on any atom is 0.308 e. The predicted octanol–water partition coefficient (Wildman–Crippen LogP) is 3.44. The molecule has 0 aromatic carbocycles. The highest BCUT2D eigenvalue weighted by Gasteiger charge is 2.58. The van der Waals surface area contributed by atoms with Gasteiger partial charge in [-0.3, -0.25) is 9.63 Å². The summed E-state index contributed by atoms with van der Waals surface area (Å²) in [7, 11) is -3.16. The number of piperidine rings is 1. The number of rotatable bonds is 7. The normalized spacial score (nSPS) is 32.0. The maximum absolute atomic E-state index is 11.9. The van der Waals surface area contributed by atoms with Crippen molar-refractivity contribution in [1.82, 2.24) is 5.06 Å². The van der Waals surface area contributed by atoms with Gasteiger partial charge in [0.25, 0.3) is 0 Å². The van der Waals surface area contributed by atoms with Gasteiger partial charge in [0.15, 0.2) is 16.6 Å². The summed E-state index contributed by atoms with van der Waals surface area (Å²) in [5, 5.41) is 23.2. The lowest BCUT2D eigenvalue weighted by Crippen LogP contribution is -2.69. The lowest BCUT2D eigenvalue weighted by molar-refractivity contribution is -0.266. The molecule has 6 atom stereocenters. The van der Waals surface area contributed by atoms with Crippen molar-refractivity contribution in [2.24, 2.45) is 0 Å². The van der Waals surface area contributed by atoms with E-state index in [9.17, 15) is 15.0 Å². The first-order chi connectivity index (χ1) is 14.9. The van der Waals surface area contributed by atoms with E-state index < -0.39 is 47.1 Å². The molecular formula is C23H47NO7Si2. The number of nitrogens with zero attached hydrogens (tertiary/aromatic N) is 1. The summed E-state index contributed by atoms with van der Waals surface area (Å²) in [4.78, 5) is 18.0. The van der Waals surface area contributed by atoms with Gasteiger partial charge in [0.1, 0.15) is 6.10 Å². The number of carbonyl (C=O) groups excluding carboxylic acids is 1. The van der Waals surface area contributed by atoms with Crippen molar-refractivity contribution in [2.45, 2.75) is 127 Å². The first-order valence-electron chi connectivity index (χ1n) is 12.0. The number of aliphatic hydroxyl groups is 2. The van der Waals surface area contributed by atoms with Crippen LogP contribution in [0.5, 0.6) is 0 Å². The zero-order valence-corrected chi connectivity index (χ0v) is 24.5. The lowest BCUT2D eigenvalue weighted by Gasteiger charge is -2.53. The third kappa shape index (κ3) is 6.09. The first kappa shape index (κ1) is 28.9. The molecule has 2 rings (SSSR count). The molecule has 0 unspecified atom stereocenters. The number of methoxy groups -OCH3 is 1. The number of fused-ring (bicyclic) bond motifs is 1. The number of esters is 1. The van der Waals surface area contributed by atoms with Gasteiger partial charge < -0.3 is 23.8 Å². The Balaban J connectivity index is 2.48. The summed E-state index contributed by atoms with van der Waals surface area (Å²) >= 11 is 0. The Bertz CT molecular complexity index is 689. The molecule has 0 amide bonds. The Kier molecular flexibility index (Phi) is 8.73. The third-order valence-electron chi connectivity index (χ3n) is 8.15. The number of ether oxygens (including phenoxy) is 1. The van der Waals surface area contributed by atoms with Gasteiger partial charge in [-0.2, -0.15) is 5.06 Å². The Morgan fingerprint density at radius 2 is 1.48 bits per heavy atom. The number of hydroxylamine groups is 2. The fourth-order valence-corrected chi connectivity index (χ4v) is 6.58. The minimum Gasteiger partial charge on any atom is -0.469 e. The molecule has 2 fully saturated rings. The second kappa shape index (κ2) is 9.96. The van der Waals surface area contributed by atoms with E-state index in [1.54, 1.807) is 5.06 Å². The molecule has 0 aliphatic carbocycles. The number of hydrogen-bond acceptors (Lipinski definition) is 8. The van der Waals surface area contributed by atoms with Gasteiger partial charge in [0, 0.05) is 0 Å². The van der Waals surface area contributed by atoms with Crippen LogP contribution in [0.4, 0.5) is 0 Å². The van der Waals surface area contributed by atoms with Gasteiger partial charge in [0.2, 0.25) is 0 Å². The van der Waals surface area contributed by atoms with Crippen LogP contribution in [0.2, 0.25) is 36.3 Å². The zero-order chi connectivity index (χ0) is 25.6. The Hall–Kier alpha value is -0.336. The Morgan fingerprint density at radius 1 is 1.00 bits per heavy atom. The second-order valence-corrected chi connectivity index (χ2v) is 22.1. The molecule has 2 saturated heterocycles. The lowest BCUT2D eigenvalue weighted by atomic mass is 9.88. The van der Waals surface area contributed by atoms with Crippen molar-refractivity contribution in [3.63, 3.8) is 0 Å². The summed E-state index contributed by atoms with van der Waals surface area (Å²) in [6, 6.07) is -0.907. The minimum atomic E-state index is -2.27. The zero-order valence-electron chi connectivity index (χ0n) is 22.5. The van der Waals surface area contributed by atoms with Crippen molar-refractivity contribution in [3.8, 4) is 0 Å². The molecule has 10 heteroatoms. The summed E-state index contributed by atoms with van der Waals surface area (Å²) in [5.41, 5.74) is 0. The van der Waals surface area contributed by atoms with Crippen LogP contribution in [0, 0.1) is 0 Å². The summed E-state index contributed by atoms with van der Waals surface area (Å²) in [6.07, 6.45) is -1.79. The fourth-order valence-electron chi connectivity index (χ4n) is 3.95. The van der Waals surface area contributed by atoms with Gasteiger partial charge in [-0.25, -0.2) is 0 Å². The summed E-state index contributed by atoms with van der Waals surface area (Å²) in [5.74, 6) is -0.350. The second-order valence-electron chi connectivity index (χ2n) is 12.6. The predicted molar refractivity (Wildman–Crippen MR) is 133 cm³/mol. The van der Waals surface area contributed by atoms with Gasteiger partial charge in [0.05, 0.1) is 50.5 Å². The smallest absolute Gasteiger partial charge is 0.308 e. The molecular weight excluding hydrogens is 458 g/mol. The molecule has 194 valence electrons. The highest BCUT2D eigenvalue weighted by Crippen LogP contribution is 2.45. The van der Waals surface area contributed by atoms with Crippen LogP contribution in [0.25, 0.3) is 0 Å². The summed E-state index contributed by atoms with van der Waals surface area (Å²) in [6.45, 7) is 21.5. The summed E-state index contributed by atoms with van der Waals surface area (Å²) < 4.78 is 18.6. The molecule has 0 aromatic heterocycles. The molecule has 0 spiro atoms. The molecule has 2 aliphatic rings. The van der Waals surface area contributed by atoms with E-state index >= 15 is 0 Å². The van der Waals surface area contributed by atoms with Crippen LogP contribution in [0.15, 0.2) is 0 Å². The number of hydrogen-bond donors (Lipinski definition) is 2. The third-order valence-corrected chi connectivity index (χ3v) is 17.1. The topological polar surface area (TPSA) is 97.7 Å². The van der Waals surface area contributed by atoms with Gasteiger partial charge in [-0.05, 0) is 42.7 Å². The van der Waals surface area contributed by atoms with Crippen LogP contribution in [-0.2, 0) is 23.2 Å². The average molecular weight is 506 g/mol.